The molecule has 0 aliphatic carbocycles. The Morgan fingerprint density at radius 3 is 1.46 bits per heavy atom. The van der Waals surface area contributed by atoms with Gasteiger partial charge in [0.1, 0.15) is 24.2 Å². The molecule has 0 radical (unpaired) electrons. The zero-order valence-corrected chi connectivity index (χ0v) is 22.7. The van der Waals surface area contributed by atoms with Gasteiger partial charge < -0.3 is 59.9 Å². The summed E-state index contributed by atoms with van der Waals surface area (Å²) in [5, 5.41) is 44.0. The Balaban J connectivity index is -0.000000251. The lowest BCUT2D eigenvalue weighted by atomic mass is 10.1. The highest BCUT2D eigenvalue weighted by molar-refractivity contribution is 7.99. The normalized spacial score (nSPS) is 13.6. The third kappa shape index (κ3) is 32.9. The SMILES string of the molecule is CSC(C[C@H](N)C(=O)O)N[C@@H](CCCCN)C(=O)O.C[C@H](N)C(=O)O.NC(=O)C[C@H](N)C(=O)O.NCC(=O)O. The monoisotopic (exact) mass is 589 g/mol. The molecule has 0 aliphatic heterocycles. The molecule has 0 fully saturated rings. The molecule has 0 aliphatic rings. The Bertz CT molecular complexity index is 745. The number of carboxylic acids is 5. The van der Waals surface area contributed by atoms with Crippen LogP contribution in [0, 0.1) is 0 Å². The van der Waals surface area contributed by atoms with Crippen molar-refractivity contribution in [2.75, 3.05) is 19.3 Å². The van der Waals surface area contributed by atoms with Gasteiger partial charge in [-0.3, -0.25) is 34.1 Å². The molecular weight excluding hydrogens is 546 g/mol. The molecular formula is C20H43N7O11S. The standard InChI is InChI=1S/C11H23N3O4S.C4H8N2O3.C3H7NO2.C2H5NO2/c1-19-9(6-7(13)10(15)16)14-8(11(17)18)4-2-3-5-12;5-2(4(8)9)1-3(6)7;1-2(4)3(5)6;3-1-2(4)5/h7-9,14H,2-6,12-13H2,1H3,(H,15,16)(H,17,18);2H,1,5H2,(H2,6,7)(H,8,9);2H,4H2,1H3,(H,5,6);1,3H2,(H,4,5)/t7-,8-,9?;2*2-;/m000./s1. The molecule has 0 spiro atoms. The second kappa shape index (κ2) is 26.5. The van der Waals surface area contributed by atoms with Crippen LogP contribution in [0.3, 0.4) is 0 Å². The highest BCUT2D eigenvalue weighted by atomic mass is 32.2. The smallest absolute Gasteiger partial charge is 0.321 e. The van der Waals surface area contributed by atoms with E-state index in [1.165, 1.54) is 18.7 Å². The van der Waals surface area contributed by atoms with Crippen molar-refractivity contribution in [3.63, 3.8) is 0 Å². The minimum atomic E-state index is -1.21. The minimum absolute atomic E-state index is 0.178. The number of aliphatic carboxylic acids is 5. The summed E-state index contributed by atoms with van der Waals surface area (Å²) in [6.07, 6.45) is 3.60. The minimum Gasteiger partial charge on any atom is -0.480 e. The summed E-state index contributed by atoms with van der Waals surface area (Å²) in [4.78, 5) is 60.5. The first-order valence-corrected chi connectivity index (χ1v) is 12.5. The van der Waals surface area contributed by atoms with Gasteiger partial charge in [0.15, 0.2) is 0 Å². The Morgan fingerprint density at radius 1 is 0.795 bits per heavy atom. The lowest BCUT2D eigenvalue weighted by molar-refractivity contribution is -0.140. The first kappa shape index (κ1) is 43.0. The van der Waals surface area contributed by atoms with Crippen molar-refractivity contribution in [3.05, 3.63) is 0 Å². The van der Waals surface area contributed by atoms with Gasteiger partial charge in [-0.2, -0.15) is 0 Å². The van der Waals surface area contributed by atoms with Crippen molar-refractivity contribution in [2.24, 2.45) is 34.4 Å². The number of hydrogen-bond acceptors (Lipinski definition) is 13. The van der Waals surface area contributed by atoms with Crippen LogP contribution in [0.1, 0.15) is 39.0 Å². The van der Waals surface area contributed by atoms with Crippen LogP contribution in [0.25, 0.3) is 0 Å². The highest BCUT2D eigenvalue weighted by Crippen LogP contribution is 2.13. The van der Waals surface area contributed by atoms with E-state index in [9.17, 15) is 28.8 Å². The van der Waals surface area contributed by atoms with E-state index < -0.39 is 59.9 Å². The topological polar surface area (TPSA) is 372 Å². The van der Waals surface area contributed by atoms with Gasteiger partial charge in [0.2, 0.25) is 5.91 Å². The van der Waals surface area contributed by atoms with Crippen LogP contribution in [0.2, 0.25) is 0 Å². The molecule has 0 rings (SSSR count). The average molecular weight is 590 g/mol. The molecule has 230 valence electrons. The van der Waals surface area contributed by atoms with Crippen molar-refractivity contribution >= 4 is 47.5 Å². The van der Waals surface area contributed by atoms with Crippen LogP contribution >= 0.6 is 11.8 Å². The van der Waals surface area contributed by atoms with E-state index in [4.69, 9.17) is 48.5 Å². The molecule has 1 amide bonds. The van der Waals surface area contributed by atoms with E-state index in [2.05, 4.69) is 16.8 Å². The van der Waals surface area contributed by atoms with Gasteiger partial charge in [-0.05, 0) is 39.0 Å². The van der Waals surface area contributed by atoms with Gasteiger partial charge in [-0.25, -0.2) is 0 Å². The largest absolute Gasteiger partial charge is 0.480 e. The first-order valence-electron chi connectivity index (χ1n) is 11.2. The lowest BCUT2D eigenvalue weighted by Crippen LogP contribution is -2.45. The van der Waals surface area contributed by atoms with Gasteiger partial charge in [0.05, 0.1) is 18.3 Å². The van der Waals surface area contributed by atoms with Gasteiger partial charge in [0.25, 0.3) is 0 Å². The van der Waals surface area contributed by atoms with Crippen molar-refractivity contribution in [1.29, 1.82) is 0 Å². The Morgan fingerprint density at radius 2 is 1.23 bits per heavy atom. The van der Waals surface area contributed by atoms with Crippen LogP contribution in [0.5, 0.6) is 0 Å². The molecule has 0 aromatic carbocycles. The first-order chi connectivity index (χ1) is 17.9. The number of unbranched alkanes of at least 4 members (excludes halogenated alkanes) is 1. The molecule has 0 saturated heterocycles. The molecule has 5 atom stereocenters. The molecule has 1 unspecified atom stereocenters. The Kier molecular flexibility index (Phi) is 29.3. The van der Waals surface area contributed by atoms with Gasteiger partial charge in [-0.1, -0.05) is 6.42 Å². The van der Waals surface area contributed by atoms with E-state index >= 15 is 0 Å². The van der Waals surface area contributed by atoms with E-state index in [0.717, 1.165) is 6.42 Å². The lowest BCUT2D eigenvalue weighted by Gasteiger charge is -2.23. The quantitative estimate of drug-likeness (QED) is 0.0609. The average Bonchev–Trinajstić information content (AvgIpc) is 2.83. The number of carbonyl (C=O) groups is 6. The second-order valence-corrected chi connectivity index (χ2v) is 8.63. The van der Waals surface area contributed by atoms with Crippen LogP contribution in [-0.4, -0.2) is 110 Å². The maximum absolute atomic E-state index is 11.1. The third-order valence-electron chi connectivity index (χ3n) is 4.00. The molecule has 39 heavy (non-hydrogen) atoms. The number of primary amides is 1. The van der Waals surface area contributed by atoms with Gasteiger partial charge in [0, 0.05) is 0 Å². The number of hydrogen-bond donors (Lipinski definition) is 12. The number of thioether (sulfide) groups is 1. The second-order valence-electron chi connectivity index (χ2n) is 7.59. The molecule has 18 nitrogen and oxygen atoms in total. The molecule has 19 heteroatoms. The number of nitrogens with two attached hydrogens (primary N) is 6. The molecule has 0 heterocycles. The van der Waals surface area contributed by atoms with Crippen LogP contribution in [0.15, 0.2) is 0 Å². The van der Waals surface area contributed by atoms with Crippen LogP contribution in [-0.2, 0) is 28.8 Å². The van der Waals surface area contributed by atoms with E-state index in [1.807, 2.05) is 0 Å². The summed E-state index contributed by atoms with van der Waals surface area (Å²) in [7, 11) is 0. The molecule has 0 saturated carbocycles. The fourth-order valence-corrected chi connectivity index (χ4v) is 2.56. The van der Waals surface area contributed by atoms with Crippen molar-refractivity contribution in [2.45, 2.75) is 68.6 Å². The summed E-state index contributed by atoms with van der Waals surface area (Å²) in [6.45, 7) is 1.67. The summed E-state index contributed by atoms with van der Waals surface area (Å²) < 4.78 is 0. The number of amides is 1. The molecule has 0 aromatic rings. The molecule has 18 N–H and O–H groups in total. The van der Waals surface area contributed by atoms with E-state index in [-0.39, 0.29) is 24.8 Å². The van der Waals surface area contributed by atoms with Crippen molar-refractivity contribution in [3.8, 4) is 0 Å². The zero-order valence-electron chi connectivity index (χ0n) is 21.9. The Labute approximate surface area is 229 Å². The number of rotatable bonds is 16. The number of carbonyl (C=O) groups excluding carboxylic acids is 1. The predicted molar refractivity (Wildman–Crippen MR) is 142 cm³/mol. The third-order valence-corrected chi connectivity index (χ3v) is 4.90. The van der Waals surface area contributed by atoms with Gasteiger partial charge >= 0.3 is 29.8 Å². The molecule has 0 bridgehead atoms. The summed E-state index contributed by atoms with van der Waals surface area (Å²) >= 11 is 1.36. The van der Waals surface area contributed by atoms with Crippen LogP contribution in [0.4, 0.5) is 0 Å². The molecule has 0 aromatic heterocycles. The number of nitrogens with one attached hydrogen (secondary N) is 1. The highest BCUT2D eigenvalue weighted by Gasteiger charge is 2.24. The van der Waals surface area contributed by atoms with Crippen molar-refractivity contribution < 1.29 is 54.3 Å². The Hall–Kier alpha value is -3.07. The maximum Gasteiger partial charge on any atom is 0.321 e. The van der Waals surface area contributed by atoms with E-state index in [0.29, 0.717) is 19.4 Å². The van der Waals surface area contributed by atoms with Crippen molar-refractivity contribution in [1.82, 2.24) is 5.32 Å². The van der Waals surface area contributed by atoms with Crippen LogP contribution < -0.4 is 39.7 Å². The summed E-state index contributed by atoms with van der Waals surface area (Å²) in [5.41, 5.74) is 29.8. The van der Waals surface area contributed by atoms with E-state index in [1.54, 1.807) is 6.26 Å². The predicted octanol–water partition coefficient (Wildman–Crippen LogP) is -3.63. The number of carboxylic acid groups (broad SMARTS) is 5. The zero-order chi connectivity index (χ0) is 31.7. The summed E-state index contributed by atoms with van der Waals surface area (Å²) in [6, 6.07) is -3.60. The van der Waals surface area contributed by atoms with Gasteiger partial charge in [-0.15, -0.1) is 11.8 Å². The fraction of sp³-hybridized carbons (Fsp3) is 0.700. The summed E-state index contributed by atoms with van der Waals surface area (Å²) in [5.74, 6) is -5.88. The maximum atomic E-state index is 11.1. The fourth-order valence-electron chi connectivity index (χ4n) is 1.86.